The maximum atomic E-state index is 4.80. The molecular weight excluding hydrogens is 283 g/mol. The van der Waals surface area contributed by atoms with E-state index in [4.69, 9.17) is 4.74 Å². The molecule has 0 aromatic carbocycles. The molecule has 0 saturated heterocycles. The average Bonchev–Trinajstić information content (AvgIpc) is 2.80. The van der Waals surface area contributed by atoms with Crippen LogP contribution in [0.5, 0.6) is 0 Å². The van der Waals surface area contributed by atoms with Crippen molar-refractivity contribution in [1.82, 2.24) is 25.0 Å². The fraction of sp³-hybridized carbons (Fsp3) is 0.444. The molecule has 2 rings (SSSR count). The van der Waals surface area contributed by atoms with Gasteiger partial charge in [-0.2, -0.15) is 0 Å². The molecule has 0 saturated carbocycles. The van der Waals surface area contributed by atoms with E-state index in [1.165, 1.54) is 6.33 Å². The Balaban J connectivity index is 0.000000283. The first-order chi connectivity index (χ1) is 7.22. The number of rotatable bonds is 2. The van der Waals surface area contributed by atoms with Gasteiger partial charge in [0.25, 0.3) is 0 Å². The Morgan fingerprint density at radius 1 is 1.38 bits per heavy atom. The predicted octanol–water partition coefficient (Wildman–Crippen LogP) is 0.535. The largest absolute Gasteiger partial charge is 0.450 e. The molecule has 0 aliphatic rings. The summed E-state index contributed by atoms with van der Waals surface area (Å²) in [6.45, 7) is 4.27. The van der Waals surface area contributed by atoms with Crippen LogP contribution < -0.4 is 4.98 Å². The summed E-state index contributed by atoms with van der Waals surface area (Å²) < 4.78 is 6.44. The van der Waals surface area contributed by atoms with Gasteiger partial charge in [-0.3, -0.25) is 0 Å². The van der Waals surface area contributed by atoms with Crippen LogP contribution in [0.1, 0.15) is 11.4 Å². The summed E-state index contributed by atoms with van der Waals surface area (Å²) in [5, 5.41) is 7.52. The first-order valence-electron chi connectivity index (χ1n) is 4.47. The van der Waals surface area contributed by atoms with Crippen LogP contribution in [0.15, 0.2) is 18.7 Å². The van der Waals surface area contributed by atoms with Crippen molar-refractivity contribution in [2.75, 3.05) is 7.11 Å². The number of aryl methyl sites for hydroxylation is 2. The summed E-state index contributed by atoms with van der Waals surface area (Å²) in [6, 6.07) is 0. The predicted molar refractivity (Wildman–Crippen MR) is 54.1 cm³/mol. The van der Waals surface area contributed by atoms with E-state index in [-0.39, 0.29) is 32.7 Å². The summed E-state index contributed by atoms with van der Waals surface area (Å²) in [4.78, 5) is 7.52. The Morgan fingerprint density at radius 2 is 2.12 bits per heavy atom. The van der Waals surface area contributed by atoms with Crippen molar-refractivity contribution in [3.63, 3.8) is 0 Å². The van der Waals surface area contributed by atoms with Gasteiger partial charge < -0.3 is 14.7 Å². The van der Waals surface area contributed by atoms with Crippen molar-refractivity contribution in [1.29, 1.82) is 0 Å². The quantitative estimate of drug-likeness (QED) is 0.809. The first kappa shape index (κ1) is 15.4. The Labute approximate surface area is 120 Å². The molecule has 0 N–H and O–H groups in total. The van der Waals surface area contributed by atoms with Crippen LogP contribution in [0.3, 0.4) is 0 Å². The molecule has 2 heterocycles. The second kappa shape index (κ2) is 8.55. The summed E-state index contributed by atoms with van der Waals surface area (Å²) in [5.41, 5.74) is 1.89. The van der Waals surface area contributed by atoms with Crippen molar-refractivity contribution >= 4 is 0 Å². The van der Waals surface area contributed by atoms with E-state index in [0.29, 0.717) is 6.73 Å². The van der Waals surface area contributed by atoms with Crippen molar-refractivity contribution in [2.45, 2.75) is 20.6 Å². The van der Waals surface area contributed by atoms with E-state index < -0.39 is 0 Å². The van der Waals surface area contributed by atoms with E-state index in [9.17, 15) is 0 Å². The molecule has 0 atom stereocenters. The number of aromatic nitrogens is 5. The number of hydrogen-bond acceptors (Lipinski definition) is 4. The monoisotopic (exact) mass is 297 g/mol. The zero-order valence-corrected chi connectivity index (χ0v) is 12.5. The normalized spacial score (nSPS) is 8.94. The summed E-state index contributed by atoms with van der Waals surface area (Å²) in [6.07, 6.45) is 5.08. The molecule has 2 aromatic heterocycles. The van der Waals surface area contributed by atoms with Gasteiger partial charge >= 0.3 is 0 Å². The number of nitrogens with zero attached hydrogens (tertiary/aromatic N) is 5. The number of ether oxygens (including phenoxy) is 1. The van der Waals surface area contributed by atoms with Gasteiger partial charge in [0, 0.05) is 39.8 Å². The Kier molecular flexibility index (Phi) is 8.24. The van der Waals surface area contributed by atoms with Gasteiger partial charge in [0.15, 0.2) is 0 Å². The minimum atomic E-state index is 0. The number of imidazole rings is 1. The molecule has 7 heteroatoms. The molecular formula is C9H14N5OY-. The van der Waals surface area contributed by atoms with Crippen LogP contribution in [0, 0.1) is 13.8 Å². The fourth-order valence-electron chi connectivity index (χ4n) is 0.890. The molecule has 16 heavy (non-hydrogen) atoms. The average molecular weight is 297 g/mol. The molecule has 85 valence electrons. The summed E-state index contributed by atoms with van der Waals surface area (Å²) in [5.74, 6) is 0. The standard InChI is InChI=1S/C5H9N3O.C4H5N2.Y/c1-5-3-8(4-9-2)7-6-5;1-4-2-5-3-6-4;/h3H,4H2,1-2H3;2-3H,1H3;/q;-1;. The molecule has 0 bridgehead atoms. The van der Waals surface area contributed by atoms with Gasteiger partial charge in [0.05, 0.1) is 11.9 Å². The number of hydrogen-bond donors (Lipinski definition) is 0. The number of methoxy groups -OCH3 is 1. The van der Waals surface area contributed by atoms with Gasteiger partial charge in [-0.25, -0.2) is 4.68 Å². The van der Waals surface area contributed by atoms with E-state index in [1.807, 2.05) is 20.0 Å². The maximum Gasteiger partial charge on any atom is 0.140 e. The third kappa shape index (κ3) is 6.10. The molecule has 2 aromatic rings. The third-order valence-corrected chi connectivity index (χ3v) is 1.50. The molecule has 1 radical (unpaired) electrons. The van der Waals surface area contributed by atoms with Crippen LogP contribution in [-0.4, -0.2) is 27.1 Å². The van der Waals surface area contributed by atoms with Crippen LogP contribution in [-0.2, 0) is 44.2 Å². The minimum absolute atomic E-state index is 0. The van der Waals surface area contributed by atoms with E-state index >= 15 is 0 Å². The van der Waals surface area contributed by atoms with Crippen LogP contribution in [0.2, 0.25) is 0 Å². The molecule has 0 amide bonds. The van der Waals surface area contributed by atoms with Crippen molar-refractivity contribution in [2.24, 2.45) is 0 Å². The second-order valence-electron chi connectivity index (χ2n) is 2.98. The van der Waals surface area contributed by atoms with E-state index in [2.05, 4.69) is 20.3 Å². The Morgan fingerprint density at radius 3 is 2.44 bits per heavy atom. The molecule has 6 nitrogen and oxygen atoms in total. The smallest absolute Gasteiger partial charge is 0.140 e. The van der Waals surface area contributed by atoms with Gasteiger partial charge in [-0.05, 0) is 13.8 Å². The molecule has 0 aliphatic carbocycles. The molecule has 0 spiro atoms. The fourth-order valence-corrected chi connectivity index (χ4v) is 0.890. The van der Waals surface area contributed by atoms with Crippen molar-refractivity contribution in [3.05, 3.63) is 30.1 Å². The first-order valence-corrected chi connectivity index (χ1v) is 4.47. The SMILES string of the molecule is COCn1cc(C)nn1.Cc1c[n-]cn1.[Y]. The summed E-state index contributed by atoms with van der Waals surface area (Å²) >= 11 is 0. The van der Waals surface area contributed by atoms with Gasteiger partial charge in [0.2, 0.25) is 0 Å². The Hall–Kier alpha value is -0.586. The molecule has 0 fully saturated rings. The zero-order chi connectivity index (χ0) is 11.1. The maximum absolute atomic E-state index is 4.80. The van der Waals surface area contributed by atoms with Crippen LogP contribution >= 0.6 is 0 Å². The van der Waals surface area contributed by atoms with Crippen molar-refractivity contribution in [3.8, 4) is 0 Å². The minimum Gasteiger partial charge on any atom is -0.450 e. The summed E-state index contributed by atoms with van der Waals surface area (Å²) in [7, 11) is 1.62. The Bertz CT molecular complexity index is 373. The van der Waals surface area contributed by atoms with E-state index in [1.54, 1.807) is 18.0 Å². The zero-order valence-electron chi connectivity index (χ0n) is 9.66. The van der Waals surface area contributed by atoms with Gasteiger partial charge in [-0.1, -0.05) is 23.4 Å². The second-order valence-corrected chi connectivity index (χ2v) is 2.98. The van der Waals surface area contributed by atoms with E-state index in [0.717, 1.165) is 11.4 Å². The van der Waals surface area contributed by atoms with Crippen LogP contribution in [0.25, 0.3) is 0 Å². The van der Waals surface area contributed by atoms with Crippen molar-refractivity contribution < 1.29 is 37.4 Å². The van der Waals surface area contributed by atoms with Gasteiger partial charge in [0.1, 0.15) is 6.73 Å². The van der Waals surface area contributed by atoms with Crippen LogP contribution in [0.4, 0.5) is 0 Å². The van der Waals surface area contributed by atoms with Gasteiger partial charge in [-0.15, -0.1) is 5.10 Å². The topological polar surface area (TPSA) is 66.9 Å². The third-order valence-electron chi connectivity index (χ3n) is 1.50. The molecule has 0 unspecified atom stereocenters. The molecule has 0 aliphatic heterocycles.